The van der Waals surface area contributed by atoms with Gasteiger partial charge in [0.15, 0.2) is 5.13 Å². The molecule has 1 aliphatic heterocycles. The zero-order chi connectivity index (χ0) is 16.5. The molecule has 4 nitrogen and oxygen atoms in total. The lowest BCUT2D eigenvalue weighted by Crippen LogP contribution is -2.26. The standard InChI is InChI=1S/C19H14N2O2S/c22-18(23)15-10-14-8-4-5-9-17(14)21(11-15)19-20-16(12-24-19)13-6-2-1-3-7-13/h1-10,12H,11H2,(H,22,23). The van der Waals surface area contributed by atoms with Gasteiger partial charge < -0.3 is 10.0 Å². The number of nitrogens with zero attached hydrogens (tertiary/aromatic N) is 2. The lowest BCUT2D eigenvalue weighted by atomic mass is 10.0. The van der Waals surface area contributed by atoms with E-state index in [-0.39, 0.29) is 0 Å². The van der Waals surface area contributed by atoms with Crippen LogP contribution in [0.1, 0.15) is 5.56 Å². The van der Waals surface area contributed by atoms with E-state index in [2.05, 4.69) is 0 Å². The van der Waals surface area contributed by atoms with Crippen LogP contribution in [0, 0.1) is 0 Å². The van der Waals surface area contributed by atoms with E-state index in [0.717, 1.165) is 27.6 Å². The molecule has 0 saturated heterocycles. The van der Waals surface area contributed by atoms with E-state index in [9.17, 15) is 9.90 Å². The van der Waals surface area contributed by atoms with Crippen LogP contribution in [-0.4, -0.2) is 22.6 Å². The topological polar surface area (TPSA) is 53.4 Å². The van der Waals surface area contributed by atoms with Gasteiger partial charge in [-0.1, -0.05) is 48.5 Å². The number of fused-ring (bicyclic) bond motifs is 1. The van der Waals surface area contributed by atoms with Gasteiger partial charge in [-0.3, -0.25) is 0 Å². The van der Waals surface area contributed by atoms with Gasteiger partial charge in [0.2, 0.25) is 0 Å². The number of carbonyl (C=O) groups is 1. The number of para-hydroxylation sites is 1. The molecule has 0 amide bonds. The van der Waals surface area contributed by atoms with Gasteiger partial charge in [-0.25, -0.2) is 9.78 Å². The molecule has 118 valence electrons. The highest BCUT2D eigenvalue weighted by Gasteiger charge is 2.24. The minimum absolute atomic E-state index is 0.314. The largest absolute Gasteiger partial charge is 0.478 e. The van der Waals surface area contributed by atoms with Gasteiger partial charge in [0.25, 0.3) is 0 Å². The summed E-state index contributed by atoms with van der Waals surface area (Å²) in [5.74, 6) is -0.894. The zero-order valence-corrected chi connectivity index (χ0v) is 13.5. The van der Waals surface area contributed by atoms with Crippen molar-refractivity contribution < 1.29 is 9.90 Å². The number of aliphatic carboxylic acids is 1. The van der Waals surface area contributed by atoms with Gasteiger partial charge in [0.05, 0.1) is 23.5 Å². The van der Waals surface area contributed by atoms with Crippen LogP contribution >= 0.6 is 11.3 Å². The van der Waals surface area contributed by atoms with Crippen LogP contribution in [0.4, 0.5) is 10.8 Å². The number of thiazole rings is 1. The monoisotopic (exact) mass is 334 g/mol. The van der Waals surface area contributed by atoms with Crippen LogP contribution in [0.2, 0.25) is 0 Å². The number of rotatable bonds is 3. The normalized spacial score (nSPS) is 13.3. The molecule has 0 fully saturated rings. The minimum atomic E-state index is -0.894. The molecule has 0 unspecified atom stereocenters. The molecule has 0 saturated carbocycles. The molecule has 0 aliphatic carbocycles. The number of hydrogen-bond donors (Lipinski definition) is 1. The quantitative estimate of drug-likeness (QED) is 0.770. The Balaban J connectivity index is 1.76. The second-order valence-corrected chi connectivity index (χ2v) is 6.34. The average Bonchev–Trinajstić information content (AvgIpc) is 3.11. The van der Waals surface area contributed by atoms with Gasteiger partial charge in [-0.2, -0.15) is 0 Å². The van der Waals surface area contributed by atoms with Crippen LogP contribution in [0.5, 0.6) is 0 Å². The van der Waals surface area contributed by atoms with E-state index in [1.807, 2.05) is 64.9 Å². The fraction of sp³-hybridized carbons (Fsp3) is 0.0526. The van der Waals surface area contributed by atoms with E-state index in [4.69, 9.17) is 4.98 Å². The number of aromatic nitrogens is 1. The SMILES string of the molecule is O=C(O)C1=Cc2ccccc2N(c2nc(-c3ccccc3)cs2)C1. The lowest BCUT2D eigenvalue weighted by molar-refractivity contribution is -0.132. The Morgan fingerprint density at radius 1 is 1.08 bits per heavy atom. The summed E-state index contributed by atoms with van der Waals surface area (Å²) in [5, 5.41) is 12.2. The van der Waals surface area contributed by atoms with Crippen molar-refractivity contribution in [3.05, 3.63) is 71.1 Å². The Bertz CT molecular complexity index is 931. The maximum absolute atomic E-state index is 11.5. The third-order valence-electron chi connectivity index (χ3n) is 3.95. The first-order valence-electron chi connectivity index (χ1n) is 7.54. The smallest absolute Gasteiger partial charge is 0.333 e. The zero-order valence-electron chi connectivity index (χ0n) is 12.7. The number of carboxylic acids is 1. The highest BCUT2D eigenvalue weighted by Crippen LogP contribution is 2.37. The van der Waals surface area contributed by atoms with Crippen molar-refractivity contribution in [3.63, 3.8) is 0 Å². The Labute approximate surface area is 143 Å². The second-order valence-electron chi connectivity index (χ2n) is 5.50. The minimum Gasteiger partial charge on any atom is -0.478 e. The third-order valence-corrected chi connectivity index (χ3v) is 4.82. The summed E-state index contributed by atoms with van der Waals surface area (Å²) in [4.78, 5) is 18.1. The molecule has 1 aromatic heterocycles. The van der Waals surface area contributed by atoms with Crippen molar-refractivity contribution in [2.45, 2.75) is 0 Å². The fourth-order valence-corrected chi connectivity index (χ4v) is 3.62. The molecule has 2 heterocycles. The summed E-state index contributed by atoms with van der Waals surface area (Å²) >= 11 is 1.52. The maximum atomic E-state index is 11.5. The van der Waals surface area contributed by atoms with Crippen molar-refractivity contribution in [2.24, 2.45) is 0 Å². The first kappa shape index (κ1) is 14.7. The Hall–Kier alpha value is -2.92. The van der Waals surface area contributed by atoms with Gasteiger partial charge in [-0.15, -0.1) is 11.3 Å². The summed E-state index contributed by atoms with van der Waals surface area (Å²) in [6, 6.07) is 17.8. The Morgan fingerprint density at radius 3 is 2.62 bits per heavy atom. The Kier molecular flexibility index (Phi) is 3.63. The first-order chi connectivity index (χ1) is 11.7. The van der Waals surface area contributed by atoms with E-state index >= 15 is 0 Å². The van der Waals surface area contributed by atoms with E-state index in [1.54, 1.807) is 6.08 Å². The van der Waals surface area contributed by atoms with Gasteiger partial charge in [0, 0.05) is 10.9 Å². The van der Waals surface area contributed by atoms with E-state index in [1.165, 1.54) is 11.3 Å². The highest BCUT2D eigenvalue weighted by molar-refractivity contribution is 7.14. The molecule has 3 aromatic rings. The molecule has 5 heteroatoms. The molecular weight excluding hydrogens is 320 g/mol. The van der Waals surface area contributed by atoms with Gasteiger partial charge >= 0.3 is 5.97 Å². The molecule has 0 radical (unpaired) electrons. The summed E-state index contributed by atoms with van der Waals surface area (Å²) in [5.41, 5.74) is 4.21. The van der Waals surface area contributed by atoms with Gasteiger partial charge in [0.1, 0.15) is 0 Å². The maximum Gasteiger partial charge on any atom is 0.333 e. The number of carboxylic acid groups (broad SMARTS) is 1. The Morgan fingerprint density at radius 2 is 1.83 bits per heavy atom. The molecular formula is C19H14N2O2S. The summed E-state index contributed by atoms with van der Waals surface area (Å²) in [6.45, 7) is 0.314. The molecule has 4 rings (SSSR count). The summed E-state index contributed by atoms with van der Waals surface area (Å²) in [7, 11) is 0. The molecule has 0 atom stereocenters. The van der Waals surface area contributed by atoms with Crippen LogP contribution in [-0.2, 0) is 4.79 Å². The van der Waals surface area contributed by atoms with Crippen molar-refractivity contribution in [3.8, 4) is 11.3 Å². The van der Waals surface area contributed by atoms with Crippen LogP contribution < -0.4 is 4.90 Å². The van der Waals surface area contributed by atoms with Crippen molar-refractivity contribution in [1.82, 2.24) is 4.98 Å². The number of anilines is 2. The third kappa shape index (κ3) is 2.59. The second kappa shape index (κ2) is 5.94. The van der Waals surface area contributed by atoms with Crippen LogP contribution in [0.3, 0.4) is 0 Å². The average molecular weight is 334 g/mol. The summed E-state index contributed by atoms with van der Waals surface area (Å²) in [6.07, 6.45) is 1.74. The summed E-state index contributed by atoms with van der Waals surface area (Å²) < 4.78 is 0. The number of benzene rings is 2. The highest BCUT2D eigenvalue weighted by atomic mass is 32.1. The van der Waals surface area contributed by atoms with E-state index in [0.29, 0.717) is 12.1 Å². The molecule has 0 spiro atoms. The predicted octanol–water partition coefficient (Wildman–Crippen LogP) is 4.43. The van der Waals surface area contributed by atoms with Crippen molar-refractivity contribution in [1.29, 1.82) is 0 Å². The number of hydrogen-bond acceptors (Lipinski definition) is 4. The molecule has 0 bridgehead atoms. The van der Waals surface area contributed by atoms with Gasteiger partial charge in [-0.05, 0) is 17.7 Å². The molecule has 2 aromatic carbocycles. The first-order valence-corrected chi connectivity index (χ1v) is 8.42. The molecule has 24 heavy (non-hydrogen) atoms. The molecule has 1 aliphatic rings. The molecule has 1 N–H and O–H groups in total. The predicted molar refractivity (Wildman–Crippen MR) is 96.6 cm³/mol. The van der Waals surface area contributed by atoms with Crippen LogP contribution in [0.15, 0.2) is 65.6 Å². The van der Waals surface area contributed by atoms with Crippen molar-refractivity contribution >= 4 is 34.2 Å². The lowest BCUT2D eigenvalue weighted by Gasteiger charge is -2.27. The van der Waals surface area contributed by atoms with Crippen molar-refractivity contribution in [2.75, 3.05) is 11.4 Å². The van der Waals surface area contributed by atoms with E-state index < -0.39 is 5.97 Å². The van der Waals surface area contributed by atoms with Crippen LogP contribution in [0.25, 0.3) is 17.3 Å². The fourth-order valence-electron chi connectivity index (χ4n) is 2.77.